The smallest absolute Gasteiger partial charge is 0.216 e. The molecule has 5 nitrogen and oxygen atoms in total. The average Bonchev–Trinajstić information content (AvgIpc) is 2.76. The first-order valence-corrected chi connectivity index (χ1v) is 5.35. The van der Waals surface area contributed by atoms with E-state index in [1.807, 2.05) is 0 Å². The van der Waals surface area contributed by atoms with Gasteiger partial charge in [-0.3, -0.25) is 14.3 Å². The Balaban J connectivity index is 2.94. The predicted octanol–water partition coefficient (Wildman–Crippen LogP) is 1.51. The summed E-state index contributed by atoms with van der Waals surface area (Å²) in [5.41, 5.74) is -2.30. The third-order valence-electron chi connectivity index (χ3n) is 2.66. The molecule has 0 radical (unpaired) electrons. The Labute approximate surface area is 115 Å². The fourth-order valence-electron chi connectivity index (χ4n) is 1.66. The van der Waals surface area contributed by atoms with Crippen LogP contribution in [0.4, 0.5) is 0 Å². The number of aromatic nitrogens is 2. The molecular weight excluding hydrogens is 252 g/mol. The van der Waals surface area contributed by atoms with E-state index in [9.17, 15) is 15.0 Å². The van der Waals surface area contributed by atoms with E-state index in [-0.39, 0.29) is 5.56 Å². The molecule has 0 fully saturated rings. The van der Waals surface area contributed by atoms with Gasteiger partial charge in [-0.1, -0.05) is 0 Å². The van der Waals surface area contributed by atoms with Gasteiger partial charge in [0, 0.05) is 24.5 Å². The molecule has 94 valence electrons. The van der Waals surface area contributed by atoms with Crippen molar-refractivity contribution in [2.45, 2.75) is 12.5 Å². The monoisotopic (exact) mass is 268 g/mol. The molecule has 2 heterocycles. The first-order valence-electron chi connectivity index (χ1n) is 6.90. The molecule has 6 heteroatoms. The summed E-state index contributed by atoms with van der Waals surface area (Å²) < 4.78 is 31.8. The van der Waals surface area contributed by atoms with Crippen molar-refractivity contribution in [3.05, 3.63) is 42.1 Å². The number of thiol groups is 1. The summed E-state index contributed by atoms with van der Waals surface area (Å²) in [6.45, 7) is 1.23. The van der Waals surface area contributed by atoms with Crippen LogP contribution >= 0.6 is 12.6 Å². The van der Waals surface area contributed by atoms with E-state index in [4.69, 9.17) is 5.48 Å². The lowest BCUT2D eigenvalue weighted by Crippen LogP contribution is -2.37. The summed E-state index contributed by atoms with van der Waals surface area (Å²) in [5.74, 6) is -0.979. The highest BCUT2D eigenvalue weighted by atomic mass is 32.1. The lowest BCUT2D eigenvalue weighted by molar-refractivity contribution is -0.116. The molecular formula is C12H12N2O3S. The highest BCUT2D eigenvalue weighted by Gasteiger charge is 2.38. The van der Waals surface area contributed by atoms with Gasteiger partial charge in [0.2, 0.25) is 5.12 Å². The maximum Gasteiger partial charge on any atom is 0.216 e. The molecule has 0 saturated heterocycles. The third kappa shape index (κ3) is 1.74. The second-order valence-electron chi connectivity index (χ2n) is 3.72. The molecule has 2 aromatic heterocycles. The summed E-state index contributed by atoms with van der Waals surface area (Å²) in [4.78, 5) is 15.5. The lowest BCUT2D eigenvalue weighted by atomic mass is 9.94. The highest BCUT2D eigenvalue weighted by Crippen LogP contribution is 2.37. The van der Waals surface area contributed by atoms with E-state index in [1.165, 1.54) is 6.92 Å². The van der Waals surface area contributed by atoms with Gasteiger partial charge in [0.15, 0.2) is 11.8 Å². The Morgan fingerprint density at radius 3 is 2.33 bits per heavy atom. The molecule has 18 heavy (non-hydrogen) atoms. The lowest BCUT2D eigenvalue weighted by Gasteiger charge is -2.29. The van der Waals surface area contributed by atoms with Gasteiger partial charge in [0.25, 0.3) is 0 Å². The van der Waals surface area contributed by atoms with E-state index in [0.29, 0.717) is 0 Å². The van der Waals surface area contributed by atoms with Gasteiger partial charge in [-0.2, -0.15) is 0 Å². The zero-order valence-electron chi connectivity index (χ0n) is 13.3. The van der Waals surface area contributed by atoms with Crippen molar-refractivity contribution in [1.82, 2.24) is 9.55 Å². The second-order valence-corrected chi connectivity index (χ2v) is 4.13. The van der Waals surface area contributed by atoms with Gasteiger partial charge >= 0.3 is 0 Å². The van der Waals surface area contributed by atoms with Crippen molar-refractivity contribution in [1.29, 1.82) is 0 Å². The molecule has 0 aromatic carbocycles. The predicted molar refractivity (Wildman–Crippen MR) is 68.7 cm³/mol. The summed E-state index contributed by atoms with van der Waals surface area (Å²) in [5, 5.41) is 18.9. The molecule has 0 saturated carbocycles. The van der Waals surface area contributed by atoms with Crippen molar-refractivity contribution in [2.24, 2.45) is 0 Å². The van der Waals surface area contributed by atoms with Gasteiger partial charge in [-0.05, 0) is 24.6 Å². The number of pyridine rings is 1. The summed E-state index contributed by atoms with van der Waals surface area (Å²) in [6, 6.07) is 1.14. The SMILES string of the molecule is [2H]c1nc([2H])c([2H])c(C(C)(C(=O)S)n2c(O)ccc2O)c1[2H]. The molecule has 0 aliphatic rings. The minimum absolute atomic E-state index is 0.348. The number of hydrogen-bond acceptors (Lipinski definition) is 4. The fraction of sp³-hybridized carbons (Fsp3) is 0.167. The Morgan fingerprint density at radius 1 is 1.39 bits per heavy atom. The molecule has 2 rings (SSSR count). The summed E-state index contributed by atoms with van der Waals surface area (Å²) in [7, 11) is 0. The Morgan fingerprint density at radius 2 is 1.89 bits per heavy atom. The van der Waals surface area contributed by atoms with Gasteiger partial charge in [0.1, 0.15) is 5.54 Å². The first kappa shape index (κ1) is 8.20. The van der Waals surface area contributed by atoms with E-state index in [0.717, 1.165) is 16.7 Å². The summed E-state index contributed by atoms with van der Waals surface area (Å²) >= 11 is 3.74. The van der Waals surface area contributed by atoms with Crippen LogP contribution in [-0.4, -0.2) is 24.9 Å². The molecule has 1 unspecified atom stereocenters. The topological polar surface area (TPSA) is 75.4 Å². The number of aromatic hydroxyl groups is 2. The zero-order chi connectivity index (χ0) is 16.8. The van der Waals surface area contributed by atoms with E-state index in [1.54, 1.807) is 0 Å². The van der Waals surface area contributed by atoms with Gasteiger partial charge in [-0.15, -0.1) is 12.6 Å². The van der Waals surface area contributed by atoms with Crippen LogP contribution in [0.2, 0.25) is 0 Å². The second kappa shape index (κ2) is 4.38. The Kier molecular flexibility index (Phi) is 2.00. The number of nitrogens with zero attached hydrogens (tertiary/aromatic N) is 2. The van der Waals surface area contributed by atoms with Gasteiger partial charge in [0.05, 0.1) is 5.48 Å². The van der Waals surface area contributed by atoms with Crippen LogP contribution < -0.4 is 0 Å². The number of rotatable bonds is 3. The van der Waals surface area contributed by atoms with Crippen molar-refractivity contribution in [3.63, 3.8) is 0 Å². The minimum atomic E-state index is -1.95. The van der Waals surface area contributed by atoms with E-state index >= 15 is 0 Å². The van der Waals surface area contributed by atoms with E-state index in [2.05, 4.69) is 17.6 Å². The Hall–Kier alpha value is -1.95. The molecule has 0 aliphatic heterocycles. The maximum absolute atomic E-state index is 12.1. The first-order chi connectivity index (χ1) is 10.1. The third-order valence-corrected chi connectivity index (χ3v) is 3.10. The number of hydrogen-bond donors (Lipinski definition) is 3. The van der Waals surface area contributed by atoms with Crippen LogP contribution in [0, 0.1) is 0 Å². The van der Waals surface area contributed by atoms with E-state index < -0.39 is 46.8 Å². The van der Waals surface area contributed by atoms with Gasteiger partial charge < -0.3 is 10.2 Å². The molecule has 1 atom stereocenters. The molecule has 0 spiro atoms. The molecule has 2 aromatic rings. The molecule has 0 aliphatic carbocycles. The quantitative estimate of drug-likeness (QED) is 0.738. The van der Waals surface area contributed by atoms with Gasteiger partial charge in [-0.25, -0.2) is 0 Å². The van der Waals surface area contributed by atoms with Crippen molar-refractivity contribution < 1.29 is 20.5 Å². The minimum Gasteiger partial charge on any atom is -0.494 e. The molecule has 0 amide bonds. The largest absolute Gasteiger partial charge is 0.494 e. The Bertz CT molecular complexity index is 734. The highest BCUT2D eigenvalue weighted by molar-refractivity contribution is 7.96. The van der Waals surface area contributed by atoms with Crippen molar-refractivity contribution in [3.8, 4) is 11.8 Å². The van der Waals surface area contributed by atoms with Crippen LogP contribution in [0.3, 0.4) is 0 Å². The van der Waals surface area contributed by atoms with Crippen LogP contribution in [0.5, 0.6) is 11.8 Å². The number of carbonyl (C=O) groups excluding carboxylic acids is 1. The number of carbonyl (C=O) groups is 1. The average molecular weight is 268 g/mol. The molecule has 2 N–H and O–H groups in total. The summed E-state index contributed by atoms with van der Waals surface area (Å²) in [6.07, 6.45) is -1.19. The normalized spacial score (nSPS) is 17.2. The molecule has 0 bridgehead atoms. The zero-order valence-corrected chi connectivity index (χ0v) is 10.2. The van der Waals surface area contributed by atoms with Crippen molar-refractivity contribution >= 4 is 17.7 Å². The van der Waals surface area contributed by atoms with Crippen molar-refractivity contribution in [2.75, 3.05) is 0 Å². The standard InChI is InChI=1S/C12H12N2O3S/c1-12(11(17)18,8-4-6-13-7-5-8)14-9(15)2-3-10(14)16/h2-7,15-16H,1H3,(H,17,18)/i4D,5D,6D,7D. The van der Waals surface area contributed by atoms with Crippen LogP contribution in [0.15, 0.2) is 36.6 Å². The van der Waals surface area contributed by atoms with Crippen LogP contribution in [0.25, 0.3) is 0 Å². The maximum atomic E-state index is 12.1. The van der Waals surface area contributed by atoms with Crippen LogP contribution in [-0.2, 0) is 10.3 Å². The fourth-order valence-corrected chi connectivity index (χ4v) is 1.87. The van der Waals surface area contributed by atoms with Crippen LogP contribution in [0.1, 0.15) is 18.0 Å².